The second kappa shape index (κ2) is 10.8. The minimum Gasteiger partial charge on any atom is -0.414 e. The summed E-state index contributed by atoms with van der Waals surface area (Å²) in [6.07, 6.45) is -2.13. The third kappa shape index (κ3) is 6.09. The number of ether oxygens (including phenoxy) is 1. The van der Waals surface area contributed by atoms with Gasteiger partial charge >= 0.3 is 5.69 Å². The Morgan fingerprint density at radius 1 is 1.07 bits per heavy atom. The Balaban J connectivity index is 2.30. The van der Waals surface area contributed by atoms with Gasteiger partial charge in [0, 0.05) is 11.8 Å². The number of aliphatic hydroxyl groups is 1. The fourth-order valence-electron chi connectivity index (χ4n) is 4.45. The molecule has 41 heavy (non-hydrogen) atoms. The Morgan fingerprint density at radius 2 is 1.63 bits per heavy atom. The van der Waals surface area contributed by atoms with E-state index in [1.807, 2.05) is 33.9 Å². The third-order valence-corrected chi connectivity index (χ3v) is 19.0. The predicted octanol–water partition coefficient (Wildman–Crippen LogP) is 2.52. The summed E-state index contributed by atoms with van der Waals surface area (Å²) in [4.78, 5) is 26.4. The first-order valence-corrected chi connectivity index (χ1v) is 21.0. The molecular weight excluding hydrogens is 587 g/mol. The molecule has 0 amide bonds. The van der Waals surface area contributed by atoms with E-state index in [2.05, 4.69) is 33.9 Å². The van der Waals surface area contributed by atoms with Crippen molar-refractivity contribution in [2.45, 2.75) is 115 Å². The SMILES string of the molecule is Cc1cn([C@@H]2OC(CO[Si](C)(C)C(C)(C)C)C3(OS(=O)(=O)C=C3N)[C@H]2O[Si](C)(C)C(C)(C)C)c(=O)n(CCO)c1=O. The molecule has 3 rings (SSSR count). The molecule has 234 valence electrons. The van der Waals surface area contributed by atoms with Crippen LogP contribution in [0.4, 0.5) is 0 Å². The maximum Gasteiger partial charge on any atom is 0.333 e. The van der Waals surface area contributed by atoms with E-state index in [4.69, 9.17) is 23.5 Å². The molecule has 2 aliphatic rings. The molecule has 3 heterocycles. The Hall–Kier alpha value is -1.60. The van der Waals surface area contributed by atoms with Crippen molar-refractivity contribution in [3.63, 3.8) is 0 Å². The van der Waals surface area contributed by atoms with E-state index in [9.17, 15) is 23.1 Å². The van der Waals surface area contributed by atoms with Crippen LogP contribution in [0.3, 0.4) is 0 Å². The van der Waals surface area contributed by atoms with Crippen LogP contribution >= 0.6 is 0 Å². The summed E-state index contributed by atoms with van der Waals surface area (Å²) in [5.41, 5.74) is 3.49. The molecule has 12 nitrogen and oxygen atoms in total. The molecule has 4 atom stereocenters. The van der Waals surface area contributed by atoms with Crippen molar-refractivity contribution >= 4 is 26.8 Å². The monoisotopic (exact) mass is 633 g/mol. The van der Waals surface area contributed by atoms with E-state index < -0.39 is 68.6 Å². The van der Waals surface area contributed by atoms with E-state index in [0.29, 0.717) is 0 Å². The van der Waals surface area contributed by atoms with Crippen molar-refractivity contribution in [3.8, 4) is 0 Å². The van der Waals surface area contributed by atoms with Gasteiger partial charge in [0.05, 0.1) is 30.9 Å². The Kier molecular flexibility index (Phi) is 8.96. The summed E-state index contributed by atoms with van der Waals surface area (Å²) in [6, 6.07) is 0. The average Bonchev–Trinajstić information content (AvgIpc) is 3.22. The van der Waals surface area contributed by atoms with Gasteiger partial charge in [-0.05, 0) is 43.2 Å². The van der Waals surface area contributed by atoms with Crippen molar-refractivity contribution in [3.05, 3.63) is 43.7 Å². The van der Waals surface area contributed by atoms with Crippen LogP contribution < -0.4 is 17.0 Å². The number of nitrogens with two attached hydrogens (primary N) is 1. The zero-order valence-corrected chi connectivity index (χ0v) is 28.9. The van der Waals surface area contributed by atoms with Gasteiger partial charge in [0.1, 0.15) is 12.2 Å². The van der Waals surface area contributed by atoms with Crippen LogP contribution in [0.15, 0.2) is 26.9 Å². The van der Waals surface area contributed by atoms with E-state index >= 15 is 0 Å². The minimum absolute atomic E-state index is 0.0710. The fraction of sp³-hybridized carbons (Fsp3) is 0.769. The molecule has 15 heteroatoms. The Labute approximate surface area is 244 Å². The topological polar surface area (TPSA) is 161 Å². The van der Waals surface area contributed by atoms with E-state index in [-0.39, 0.29) is 34.5 Å². The molecule has 0 saturated carbocycles. The first-order valence-electron chi connectivity index (χ1n) is 13.8. The van der Waals surface area contributed by atoms with Gasteiger partial charge < -0.3 is 24.4 Å². The lowest BCUT2D eigenvalue weighted by molar-refractivity contribution is -0.0568. The molecule has 1 fully saturated rings. The highest BCUT2D eigenvalue weighted by Gasteiger charge is 2.67. The van der Waals surface area contributed by atoms with Crippen molar-refractivity contribution in [1.29, 1.82) is 0 Å². The molecule has 0 bridgehead atoms. The molecular formula is C26H47N3O9SSi2. The molecule has 0 radical (unpaired) electrons. The smallest absolute Gasteiger partial charge is 0.333 e. The Bertz CT molecular complexity index is 1420. The van der Waals surface area contributed by atoms with Gasteiger partial charge in [0.15, 0.2) is 28.5 Å². The zero-order chi connectivity index (χ0) is 31.6. The highest BCUT2D eigenvalue weighted by Crippen LogP contribution is 2.52. The Morgan fingerprint density at radius 3 is 2.10 bits per heavy atom. The quantitative estimate of drug-likeness (QED) is 0.321. The highest BCUT2D eigenvalue weighted by atomic mass is 32.2. The summed E-state index contributed by atoms with van der Waals surface area (Å²) in [5.74, 6) is 0. The van der Waals surface area contributed by atoms with Gasteiger partial charge in [0.2, 0.25) is 0 Å². The first kappa shape index (κ1) is 33.9. The van der Waals surface area contributed by atoms with Crippen molar-refractivity contribution < 1.29 is 31.3 Å². The number of nitrogens with zero attached hydrogens (tertiary/aromatic N) is 2. The number of aliphatic hydroxyl groups excluding tert-OH is 1. The third-order valence-electron chi connectivity index (χ3n) is 9.03. The van der Waals surface area contributed by atoms with Gasteiger partial charge in [-0.1, -0.05) is 41.5 Å². The van der Waals surface area contributed by atoms with Gasteiger partial charge in [0.25, 0.3) is 15.7 Å². The van der Waals surface area contributed by atoms with Crippen LogP contribution in [0.1, 0.15) is 53.3 Å². The van der Waals surface area contributed by atoms with Gasteiger partial charge in [-0.15, -0.1) is 0 Å². The highest BCUT2D eigenvalue weighted by molar-refractivity contribution is 7.90. The number of aromatic nitrogens is 2. The standard InChI is InChI=1S/C26H47N3O9SSi2/c1-17-14-29(23(32)28(12-13-30)21(17)31)22-20(37-41(10,11)25(5,6)7)26(18(27)16-39(33,34)38-26)19(36-22)15-35-40(8,9)24(2,3)4/h14,16,19-20,22,30H,12-13,15,27H2,1-11H3/t19?,20-,22+,26?/m0/s1. The molecule has 0 aliphatic carbocycles. The maximum atomic E-state index is 13.7. The lowest BCUT2D eigenvalue weighted by atomic mass is 9.89. The van der Waals surface area contributed by atoms with Crippen LogP contribution in [-0.2, 0) is 34.4 Å². The lowest BCUT2D eigenvalue weighted by Gasteiger charge is -2.43. The van der Waals surface area contributed by atoms with E-state index in [1.54, 1.807) is 6.92 Å². The molecule has 0 aromatic carbocycles. The molecule has 1 aromatic heterocycles. The fourth-order valence-corrected chi connectivity index (χ4v) is 7.96. The molecule has 1 saturated heterocycles. The summed E-state index contributed by atoms with van der Waals surface area (Å²) < 4.78 is 53.6. The molecule has 3 N–H and O–H groups in total. The van der Waals surface area contributed by atoms with Crippen molar-refractivity contribution in [2.75, 3.05) is 13.2 Å². The maximum absolute atomic E-state index is 13.7. The van der Waals surface area contributed by atoms with Crippen LogP contribution in [0, 0.1) is 6.92 Å². The average molecular weight is 634 g/mol. The number of hydrogen-bond donors (Lipinski definition) is 2. The second-order valence-electron chi connectivity index (χ2n) is 14.0. The minimum atomic E-state index is -4.23. The number of aryl methyl sites for hydroxylation is 1. The zero-order valence-electron chi connectivity index (χ0n) is 26.1. The summed E-state index contributed by atoms with van der Waals surface area (Å²) in [6.45, 7) is 21.2. The second-order valence-corrected chi connectivity index (χ2v) is 25.0. The summed E-state index contributed by atoms with van der Waals surface area (Å²) in [5, 5.41) is 9.93. The summed E-state index contributed by atoms with van der Waals surface area (Å²) in [7, 11) is -9.29. The van der Waals surface area contributed by atoms with Crippen LogP contribution in [-0.4, -0.2) is 70.3 Å². The van der Waals surface area contributed by atoms with Crippen molar-refractivity contribution in [1.82, 2.24) is 9.13 Å². The number of rotatable bonds is 8. The molecule has 1 spiro atoms. The van der Waals surface area contributed by atoms with Gasteiger partial charge in [-0.25, -0.2) is 8.98 Å². The van der Waals surface area contributed by atoms with Crippen LogP contribution in [0.25, 0.3) is 0 Å². The van der Waals surface area contributed by atoms with E-state index in [1.165, 1.54) is 10.8 Å². The van der Waals surface area contributed by atoms with Gasteiger partial charge in [-0.3, -0.25) is 13.9 Å². The van der Waals surface area contributed by atoms with Gasteiger partial charge in [-0.2, -0.15) is 8.42 Å². The molecule has 2 unspecified atom stereocenters. The largest absolute Gasteiger partial charge is 0.414 e. The molecule has 1 aromatic rings. The molecule has 2 aliphatic heterocycles. The van der Waals surface area contributed by atoms with Crippen LogP contribution in [0.5, 0.6) is 0 Å². The normalized spacial score (nSPS) is 27.0. The lowest BCUT2D eigenvalue weighted by Crippen LogP contribution is -2.59. The first-order chi connectivity index (χ1) is 18.4. The van der Waals surface area contributed by atoms with Crippen LogP contribution in [0.2, 0.25) is 36.3 Å². The van der Waals surface area contributed by atoms with E-state index in [0.717, 1.165) is 9.98 Å². The predicted molar refractivity (Wildman–Crippen MR) is 161 cm³/mol. The summed E-state index contributed by atoms with van der Waals surface area (Å²) >= 11 is 0. The number of hydrogen-bond acceptors (Lipinski definition) is 10. The van der Waals surface area contributed by atoms with Crippen molar-refractivity contribution in [2.24, 2.45) is 5.73 Å².